The monoisotopic (exact) mass is 369 g/mol. The Morgan fingerprint density at radius 1 is 1.04 bits per heavy atom. The minimum absolute atomic E-state index is 0.128. The Hall–Kier alpha value is -2.82. The van der Waals surface area contributed by atoms with E-state index >= 15 is 0 Å². The summed E-state index contributed by atoms with van der Waals surface area (Å²) in [6, 6.07) is 14.8. The van der Waals surface area contributed by atoms with Gasteiger partial charge in [-0.25, -0.2) is 0 Å². The zero-order chi connectivity index (χ0) is 20.0. The maximum atomic E-state index is 12.9. The third-order valence-corrected chi connectivity index (χ3v) is 4.21. The molecule has 0 aromatic heterocycles. The van der Waals surface area contributed by atoms with Crippen LogP contribution in [0.5, 0.6) is 11.5 Å². The number of carbonyl (C=O) groups excluding carboxylic acids is 2. The molecular weight excluding hydrogens is 342 g/mol. The van der Waals surface area contributed by atoms with E-state index in [0.29, 0.717) is 23.6 Å². The van der Waals surface area contributed by atoms with Gasteiger partial charge < -0.3 is 14.4 Å². The number of nitrogens with zero attached hydrogens (tertiary/aromatic N) is 1. The summed E-state index contributed by atoms with van der Waals surface area (Å²) in [6.07, 6.45) is 0. The van der Waals surface area contributed by atoms with E-state index in [1.807, 2.05) is 51.1 Å². The van der Waals surface area contributed by atoms with Gasteiger partial charge in [-0.1, -0.05) is 30.3 Å². The van der Waals surface area contributed by atoms with Gasteiger partial charge in [0, 0.05) is 18.2 Å². The molecule has 0 unspecified atom stereocenters. The van der Waals surface area contributed by atoms with Crippen LogP contribution in [-0.4, -0.2) is 35.8 Å². The summed E-state index contributed by atoms with van der Waals surface area (Å²) < 4.78 is 10.9. The van der Waals surface area contributed by atoms with Crippen molar-refractivity contribution in [1.29, 1.82) is 0 Å². The summed E-state index contributed by atoms with van der Waals surface area (Å²) in [5.41, 5.74) is 1.11. The molecule has 0 aliphatic heterocycles. The van der Waals surface area contributed by atoms with Crippen LogP contribution in [0.1, 0.15) is 43.6 Å². The summed E-state index contributed by atoms with van der Waals surface area (Å²) in [4.78, 5) is 26.5. The molecule has 0 aliphatic rings. The first-order valence-corrected chi connectivity index (χ1v) is 8.88. The van der Waals surface area contributed by atoms with E-state index in [2.05, 4.69) is 0 Å². The van der Waals surface area contributed by atoms with Gasteiger partial charge in [-0.3, -0.25) is 9.59 Å². The van der Waals surface area contributed by atoms with Gasteiger partial charge >= 0.3 is 0 Å². The number of amides is 1. The van der Waals surface area contributed by atoms with Gasteiger partial charge in [0.25, 0.3) is 5.91 Å². The zero-order valence-corrected chi connectivity index (χ0v) is 16.6. The van der Waals surface area contributed by atoms with Crippen molar-refractivity contribution in [1.82, 2.24) is 4.90 Å². The predicted octanol–water partition coefficient (Wildman–Crippen LogP) is 4.10. The number of hydrogen-bond donors (Lipinski definition) is 0. The van der Waals surface area contributed by atoms with Gasteiger partial charge in [0.1, 0.15) is 11.5 Å². The first-order valence-electron chi connectivity index (χ1n) is 8.88. The SMILES string of the molecule is COc1ccc(C(C)=O)c(OCC(=O)N(Cc2ccccc2)C(C)(C)C)c1. The van der Waals surface area contributed by atoms with Crippen molar-refractivity contribution in [2.75, 3.05) is 13.7 Å². The van der Waals surface area contributed by atoms with Crippen molar-refractivity contribution < 1.29 is 19.1 Å². The molecule has 0 bridgehead atoms. The molecule has 2 rings (SSSR count). The fourth-order valence-corrected chi connectivity index (χ4v) is 2.72. The minimum atomic E-state index is -0.367. The van der Waals surface area contributed by atoms with Crippen LogP contribution >= 0.6 is 0 Å². The number of ether oxygens (including phenoxy) is 2. The van der Waals surface area contributed by atoms with Crippen LogP contribution in [0.15, 0.2) is 48.5 Å². The summed E-state index contributed by atoms with van der Waals surface area (Å²) in [6.45, 7) is 7.76. The van der Waals surface area contributed by atoms with Gasteiger partial charge in [0.2, 0.25) is 0 Å². The fraction of sp³-hybridized carbons (Fsp3) is 0.364. The third kappa shape index (κ3) is 5.58. The summed E-state index contributed by atoms with van der Waals surface area (Å²) >= 11 is 0. The molecule has 5 nitrogen and oxygen atoms in total. The van der Waals surface area contributed by atoms with Gasteiger partial charge in [-0.15, -0.1) is 0 Å². The molecule has 0 saturated heterocycles. The predicted molar refractivity (Wildman–Crippen MR) is 105 cm³/mol. The number of rotatable bonds is 7. The molecule has 27 heavy (non-hydrogen) atoms. The average molecular weight is 369 g/mol. The fourth-order valence-electron chi connectivity index (χ4n) is 2.72. The van der Waals surface area contributed by atoms with E-state index < -0.39 is 0 Å². The molecule has 2 aromatic rings. The molecule has 0 radical (unpaired) electrons. The highest BCUT2D eigenvalue weighted by Crippen LogP contribution is 2.26. The second kappa shape index (κ2) is 8.71. The van der Waals surface area contributed by atoms with Crippen LogP contribution in [0.25, 0.3) is 0 Å². The number of hydrogen-bond acceptors (Lipinski definition) is 4. The number of methoxy groups -OCH3 is 1. The van der Waals surface area contributed by atoms with Crippen molar-refractivity contribution in [3.63, 3.8) is 0 Å². The summed E-state index contributed by atoms with van der Waals surface area (Å²) in [5, 5.41) is 0. The highest BCUT2D eigenvalue weighted by molar-refractivity contribution is 5.97. The Kier molecular flexibility index (Phi) is 6.61. The largest absolute Gasteiger partial charge is 0.497 e. The first-order chi connectivity index (χ1) is 12.7. The molecule has 0 fully saturated rings. The molecule has 144 valence electrons. The molecular formula is C22H27NO4. The van der Waals surface area contributed by atoms with Crippen LogP contribution < -0.4 is 9.47 Å². The van der Waals surface area contributed by atoms with E-state index in [1.165, 1.54) is 6.92 Å². The molecule has 0 saturated carbocycles. The van der Waals surface area contributed by atoms with Crippen LogP contribution in [0.4, 0.5) is 0 Å². The lowest BCUT2D eigenvalue weighted by atomic mass is 10.0. The lowest BCUT2D eigenvalue weighted by molar-refractivity contribution is -0.139. The number of Topliss-reactive ketones (excluding diaryl/α,β-unsaturated/α-hetero) is 1. The standard InChI is InChI=1S/C22H27NO4/c1-16(24)19-12-11-18(26-5)13-20(19)27-15-21(25)23(22(2,3)4)14-17-9-7-6-8-10-17/h6-13H,14-15H2,1-5H3. The molecule has 5 heteroatoms. The molecule has 1 amide bonds. The summed E-state index contributed by atoms with van der Waals surface area (Å²) in [5.74, 6) is 0.643. The number of benzene rings is 2. The molecule has 0 atom stereocenters. The first kappa shape index (κ1) is 20.5. The minimum Gasteiger partial charge on any atom is -0.497 e. The quantitative estimate of drug-likeness (QED) is 0.690. The van der Waals surface area contributed by atoms with Gasteiger partial charge in [-0.05, 0) is 45.4 Å². The summed E-state index contributed by atoms with van der Waals surface area (Å²) in [7, 11) is 1.54. The molecule has 0 aliphatic carbocycles. The van der Waals surface area contributed by atoms with E-state index in [9.17, 15) is 9.59 Å². The molecule has 0 N–H and O–H groups in total. The maximum Gasteiger partial charge on any atom is 0.261 e. The van der Waals surface area contributed by atoms with Crippen LogP contribution in [0.2, 0.25) is 0 Å². The Balaban J connectivity index is 2.17. The number of carbonyl (C=O) groups is 2. The van der Waals surface area contributed by atoms with E-state index in [-0.39, 0.29) is 23.8 Å². The molecule has 0 heterocycles. The highest BCUT2D eigenvalue weighted by atomic mass is 16.5. The van der Waals surface area contributed by atoms with Crippen molar-refractivity contribution in [2.24, 2.45) is 0 Å². The van der Waals surface area contributed by atoms with Crippen LogP contribution in [0.3, 0.4) is 0 Å². The second-order valence-corrected chi connectivity index (χ2v) is 7.34. The maximum absolute atomic E-state index is 12.9. The van der Waals surface area contributed by atoms with Crippen molar-refractivity contribution in [3.05, 3.63) is 59.7 Å². The second-order valence-electron chi connectivity index (χ2n) is 7.34. The topological polar surface area (TPSA) is 55.8 Å². The Bertz CT molecular complexity index is 794. The smallest absolute Gasteiger partial charge is 0.261 e. The third-order valence-electron chi connectivity index (χ3n) is 4.21. The number of ketones is 1. The van der Waals surface area contributed by atoms with Gasteiger partial charge in [0.05, 0.1) is 12.7 Å². The Morgan fingerprint density at radius 2 is 1.70 bits per heavy atom. The highest BCUT2D eigenvalue weighted by Gasteiger charge is 2.27. The molecule has 2 aromatic carbocycles. The van der Waals surface area contributed by atoms with Crippen LogP contribution in [0, 0.1) is 0 Å². The normalized spacial score (nSPS) is 11.0. The average Bonchev–Trinajstić information content (AvgIpc) is 2.63. The van der Waals surface area contributed by atoms with Gasteiger partial charge in [-0.2, -0.15) is 0 Å². The van der Waals surface area contributed by atoms with Crippen molar-refractivity contribution in [3.8, 4) is 11.5 Å². The van der Waals surface area contributed by atoms with Crippen LogP contribution in [-0.2, 0) is 11.3 Å². The lowest BCUT2D eigenvalue weighted by Crippen LogP contribution is -2.47. The Morgan fingerprint density at radius 3 is 2.26 bits per heavy atom. The van der Waals surface area contributed by atoms with Crippen molar-refractivity contribution >= 4 is 11.7 Å². The van der Waals surface area contributed by atoms with E-state index in [1.54, 1.807) is 30.2 Å². The zero-order valence-electron chi connectivity index (χ0n) is 16.6. The molecule has 0 spiro atoms. The van der Waals surface area contributed by atoms with Gasteiger partial charge in [0.15, 0.2) is 12.4 Å². The Labute approximate surface area is 160 Å². The van der Waals surface area contributed by atoms with Crippen molar-refractivity contribution in [2.45, 2.75) is 39.8 Å². The van der Waals surface area contributed by atoms with E-state index in [4.69, 9.17) is 9.47 Å². The van der Waals surface area contributed by atoms with E-state index in [0.717, 1.165) is 5.56 Å². The lowest BCUT2D eigenvalue weighted by Gasteiger charge is -2.36.